The molecule has 1 aliphatic rings. The first-order chi connectivity index (χ1) is 10.3. The van der Waals surface area contributed by atoms with Gasteiger partial charge in [-0.15, -0.1) is 0 Å². The molecule has 0 fully saturated rings. The van der Waals surface area contributed by atoms with Gasteiger partial charge in [0.05, 0.1) is 0 Å². The summed E-state index contributed by atoms with van der Waals surface area (Å²) < 4.78 is 5.92. The van der Waals surface area contributed by atoms with Gasteiger partial charge < -0.3 is 10.1 Å². The molecule has 0 aromatic heterocycles. The second-order valence-electron chi connectivity index (χ2n) is 5.67. The van der Waals surface area contributed by atoms with Gasteiger partial charge in [0.15, 0.2) is 0 Å². The largest absolute Gasteiger partial charge is 0.489 e. The van der Waals surface area contributed by atoms with E-state index in [1.807, 2.05) is 0 Å². The minimum Gasteiger partial charge on any atom is -0.489 e. The number of ether oxygens (including phenoxy) is 1. The van der Waals surface area contributed by atoms with E-state index in [4.69, 9.17) is 4.74 Å². The second-order valence-corrected chi connectivity index (χ2v) is 5.67. The van der Waals surface area contributed by atoms with Gasteiger partial charge in [0.1, 0.15) is 12.4 Å². The van der Waals surface area contributed by atoms with Crippen LogP contribution in [-0.2, 0) is 26.0 Å². The van der Waals surface area contributed by atoms with Crippen LogP contribution < -0.4 is 10.1 Å². The van der Waals surface area contributed by atoms with E-state index in [0.29, 0.717) is 6.61 Å². The number of nitrogens with one attached hydrogen (secondary N) is 1. The Labute approximate surface area is 127 Å². The fourth-order valence-corrected chi connectivity index (χ4v) is 2.83. The summed E-state index contributed by atoms with van der Waals surface area (Å²) in [6.07, 6.45) is 3.71. The number of aryl methyl sites for hydroxylation is 2. The molecule has 1 aliphatic carbocycles. The van der Waals surface area contributed by atoms with E-state index < -0.39 is 0 Å². The van der Waals surface area contributed by atoms with Crippen LogP contribution in [0.15, 0.2) is 42.5 Å². The summed E-state index contributed by atoms with van der Waals surface area (Å²) in [6.45, 7) is 4.70. The van der Waals surface area contributed by atoms with E-state index in [-0.39, 0.29) is 0 Å². The molecule has 0 unspecified atom stereocenters. The molecule has 2 aromatic rings. The van der Waals surface area contributed by atoms with E-state index in [1.165, 1.54) is 41.5 Å². The molecule has 0 heterocycles. The summed E-state index contributed by atoms with van der Waals surface area (Å²) in [6, 6.07) is 15.2. The zero-order valence-electron chi connectivity index (χ0n) is 12.7. The van der Waals surface area contributed by atoms with Gasteiger partial charge in [-0.05, 0) is 60.2 Å². The molecule has 0 aliphatic heterocycles. The van der Waals surface area contributed by atoms with E-state index in [0.717, 1.165) is 18.8 Å². The highest BCUT2D eigenvalue weighted by Crippen LogP contribution is 2.26. The number of fused-ring (bicyclic) bond motifs is 1. The predicted molar refractivity (Wildman–Crippen MR) is 86.6 cm³/mol. The van der Waals surface area contributed by atoms with Crippen LogP contribution in [0.25, 0.3) is 0 Å². The van der Waals surface area contributed by atoms with Crippen LogP contribution in [0.2, 0.25) is 0 Å². The zero-order valence-corrected chi connectivity index (χ0v) is 12.7. The molecule has 3 rings (SSSR count). The van der Waals surface area contributed by atoms with Crippen molar-refractivity contribution in [3.8, 4) is 5.75 Å². The molecule has 2 aromatic carbocycles. The van der Waals surface area contributed by atoms with Crippen LogP contribution in [-0.4, -0.2) is 6.54 Å². The smallest absolute Gasteiger partial charge is 0.120 e. The Morgan fingerprint density at radius 2 is 1.71 bits per heavy atom. The predicted octanol–water partition coefficient (Wildman–Crippen LogP) is 3.86. The van der Waals surface area contributed by atoms with E-state index in [1.54, 1.807) is 0 Å². The van der Waals surface area contributed by atoms with Gasteiger partial charge in [-0.2, -0.15) is 0 Å². The lowest BCUT2D eigenvalue weighted by Gasteiger charge is -2.09. The maximum absolute atomic E-state index is 5.92. The van der Waals surface area contributed by atoms with Crippen LogP contribution >= 0.6 is 0 Å². The first-order valence-corrected chi connectivity index (χ1v) is 7.88. The molecule has 21 heavy (non-hydrogen) atoms. The van der Waals surface area contributed by atoms with Gasteiger partial charge >= 0.3 is 0 Å². The van der Waals surface area contributed by atoms with Crippen molar-refractivity contribution < 1.29 is 4.74 Å². The van der Waals surface area contributed by atoms with Crippen molar-refractivity contribution >= 4 is 0 Å². The molecule has 0 amide bonds. The molecular weight excluding hydrogens is 258 g/mol. The summed E-state index contributed by atoms with van der Waals surface area (Å²) in [4.78, 5) is 0. The third kappa shape index (κ3) is 3.64. The van der Waals surface area contributed by atoms with Crippen molar-refractivity contribution in [2.45, 2.75) is 39.3 Å². The Bertz CT molecular complexity index is 589. The highest BCUT2D eigenvalue weighted by molar-refractivity contribution is 5.38. The first kappa shape index (κ1) is 14.2. The molecule has 0 bridgehead atoms. The van der Waals surface area contributed by atoms with Crippen molar-refractivity contribution in [2.75, 3.05) is 6.54 Å². The molecular formula is C19H23NO. The molecule has 0 saturated carbocycles. The maximum atomic E-state index is 5.92. The zero-order chi connectivity index (χ0) is 14.5. The van der Waals surface area contributed by atoms with Crippen LogP contribution in [0.1, 0.15) is 35.6 Å². The minimum atomic E-state index is 0.639. The van der Waals surface area contributed by atoms with Crippen LogP contribution in [0, 0.1) is 0 Å². The van der Waals surface area contributed by atoms with E-state index in [2.05, 4.69) is 54.7 Å². The standard InChI is InChI=1S/C19H23NO/c1-2-20-13-15-6-8-16(9-7-15)14-21-19-11-10-17-4-3-5-18(17)12-19/h6-12,20H,2-5,13-14H2,1H3. The van der Waals surface area contributed by atoms with Gasteiger partial charge in [-0.25, -0.2) is 0 Å². The van der Waals surface area contributed by atoms with Crippen molar-refractivity contribution in [1.82, 2.24) is 5.32 Å². The van der Waals surface area contributed by atoms with E-state index >= 15 is 0 Å². The number of rotatable bonds is 6. The lowest BCUT2D eigenvalue weighted by Crippen LogP contribution is -2.11. The lowest BCUT2D eigenvalue weighted by molar-refractivity contribution is 0.306. The first-order valence-electron chi connectivity index (χ1n) is 7.88. The quantitative estimate of drug-likeness (QED) is 0.868. The van der Waals surface area contributed by atoms with E-state index in [9.17, 15) is 0 Å². The van der Waals surface area contributed by atoms with Crippen molar-refractivity contribution in [3.63, 3.8) is 0 Å². The van der Waals surface area contributed by atoms with Gasteiger partial charge in [0, 0.05) is 6.54 Å². The van der Waals surface area contributed by atoms with Crippen molar-refractivity contribution in [2.24, 2.45) is 0 Å². The molecule has 0 atom stereocenters. The summed E-state index contributed by atoms with van der Waals surface area (Å²) in [5, 5.41) is 3.33. The third-order valence-electron chi connectivity index (χ3n) is 4.08. The van der Waals surface area contributed by atoms with Gasteiger partial charge in [-0.3, -0.25) is 0 Å². The lowest BCUT2D eigenvalue weighted by atomic mass is 10.1. The maximum Gasteiger partial charge on any atom is 0.120 e. The Balaban J connectivity index is 1.57. The molecule has 1 N–H and O–H groups in total. The van der Waals surface area contributed by atoms with Gasteiger partial charge in [-0.1, -0.05) is 37.3 Å². The SMILES string of the molecule is CCNCc1ccc(COc2ccc3c(c2)CCC3)cc1. The summed E-state index contributed by atoms with van der Waals surface area (Å²) in [5.74, 6) is 0.993. The molecule has 0 radical (unpaired) electrons. The Kier molecular flexibility index (Phi) is 4.56. The topological polar surface area (TPSA) is 21.3 Å². The average molecular weight is 281 g/mol. The van der Waals surface area contributed by atoms with Crippen LogP contribution in [0.5, 0.6) is 5.75 Å². The van der Waals surface area contributed by atoms with Gasteiger partial charge in [0.2, 0.25) is 0 Å². The molecule has 2 nitrogen and oxygen atoms in total. The summed E-state index contributed by atoms with van der Waals surface area (Å²) >= 11 is 0. The van der Waals surface area contributed by atoms with Gasteiger partial charge in [0.25, 0.3) is 0 Å². The molecule has 110 valence electrons. The Morgan fingerprint density at radius 1 is 0.952 bits per heavy atom. The molecule has 2 heteroatoms. The highest BCUT2D eigenvalue weighted by Gasteiger charge is 2.11. The number of benzene rings is 2. The average Bonchev–Trinajstić information content (AvgIpc) is 2.99. The minimum absolute atomic E-state index is 0.639. The summed E-state index contributed by atoms with van der Waals surface area (Å²) in [7, 11) is 0. The Morgan fingerprint density at radius 3 is 2.52 bits per heavy atom. The monoisotopic (exact) mass is 281 g/mol. The third-order valence-corrected chi connectivity index (χ3v) is 4.08. The second kappa shape index (κ2) is 6.77. The Hall–Kier alpha value is -1.80. The summed E-state index contributed by atoms with van der Waals surface area (Å²) in [5.41, 5.74) is 5.50. The fourth-order valence-electron chi connectivity index (χ4n) is 2.83. The number of hydrogen-bond donors (Lipinski definition) is 1. The van der Waals surface area contributed by atoms with Crippen LogP contribution in [0.3, 0.4) is 0 Å². The van der Waals surface area contributed by atoms with Crippen molar-refractivity contribution in [1.29, 1.82) is 0 Å². The highest BCUT2D eigenvalue weighted by atomic mass is 16.5. The van der Waals surface area contributed by atoms with Crippen molar-refractivity contribution in [3.05, 3.63) is 64.7 Å². The molecule has 0 saturated heterocycles. The van der Waals surface area contributed by atoms with Crippen LogP contribution in [0.4, 0.5) is 0 Å². The normalized spacial score (nSPS) is 13.2. The number of hydrogen-bond acceptors (Lipinski definition) is 2. The molecule has 0 spiro atoms. The fraction of sp³-hybridized carbons (Fsp3) is 0.368.